The third kappa shape index (κ3) is 2.97. The number of nitrogens with zero attached hydrogens (tertiary/aromatic N) is 2. The summed E-state index contributed by atoms with van der Waals surface area (Å²) in [7, 11) is 1.56. The van der Waals surface area contributed by atoms with E-state index in [-0.39, 0.29) is 12.6 Å². The standard InChI is InChI=1S/C17H19N3O4/c1-17(15(21)22)7-8-20(10-17)16(23)18-12-4-5-13-11(9-12)3-6-14(19-13)24-2/h3-6,9H,7-8,10H2,1-2H3,(H,18,23)(H,21,22). The number of hydrogen-bond acceptors (Lipinski definition) is 4. The highest BCUT2D eigenvalue weighted by Gasteiger charge is 2.42. The van der Waals surface area contributed by atoms with E-state index >= 15 is 0 Å². The number of ether oxygens (including phenoxy) is 1. The van der Waals surface area contributed by atoms with E-state index in [0.29, 0.717) is 24.5 Å². The number of likely N-dealkylation sites (tertiary alicyclic amines) is 1. The molecule has 1 unspecified atom stereocenters. The van der Waals surface area contributed by atoms with Gasteiger partial charge in [-0.1, -0.05) is 0 Å². The van der Waals surface area contributed by atoms with Gasteiger partial charge in [-0.25, -0.2) is 9.78 Å². The smallest absolute Gasteiger partial charge is 0.321 e. The SMILES string of the molecule is COc1ccc2cc(NC(=O)N3CCC(C)(C(=O)O)C3)ccc2n1. The minimum atomic E-state index is -0.874. The monoisotopic (exact) mass is 329 g/mol. The van der Waals surface area contributed by atoms with Crippen molar-refractivity contribution in [3.05, 3.63) is 30.3 Å². The third-order valence-corrected chi connectivity index (χ3v) is 4.40. The Morgan fingerprint density at radius 1 is 1.33 bits per heavy atom. The van der Waals surface area contributed by atoms with E-state index in [1.807, 2.05) is 12.1 Å². The van der Waals surface area contributed by atoms with E-state index in [1.54, 1.807) is 32.2 Å². The van der Waals surface area contributed by atoms with Crippen LogP contribution in [-0.4, -0.2) is 47.2 Å². The number of carbonyl (C=O) groups excluding carboxylic acids is 1. The van der Waals surface area contributed by atoms with Gasteiger partial charge in [0, 0.05) is 30.2 Å². The molecule has 1 aliphatic heterocycles. The van der Waals surface area contributed by atoms with Crippen LogP contribution in [0.2, 0.25) is 0 Å². The first kappa shape index (κ1) is 16.0. The van der Waals surface area contributed by atoms with E-state index in [2.05, 4.69) is 10.3 Å². The summed E-state index contributed by atoms with van der Waals surface area (Å²) in [5, 5.41) is 12.9. The molecule has 0 aliphatic carbocycles. The average Bonchev–Trinajstić information content (AvgIpc) is 2.98. The second-order valence-electron chi connectivity index (χ2n) is 6.23. The van der Waals surface area contributed by atoms with Crippen LogP contribution in [0.3, 0.4) is 0 Å². The Balaban J connectivity index is 1.73. The molecule has 1 aromatic heterocycles. The number of aliphatic carboxylic acids is 1. The van der Waals surface area contributed by atoms with Crippen molar-refractivity contribution in [2.45, 2.75) is 13.3 Å². The molecule has 0 saturated carbocycles. The van der Waals surface area contributed by atoms with Gasteiger partial charge in [0.2, 0.25) is 5.88 Å². The lowest BCUT2D eigenvalue weighted by Crippen LogP contribution is -2.37. The Labute approximate surface area is 139 Å². The molecule has 7 nitrogen and oxygen atoms in total. The van der Waals surface area contributed by atoms with Crippen molar-refractivity contribution >= 4 is 28.6 Å². The lowest BCUT2D eigenvalue weighted by Gasteiger charge is -2.20. The predicted molar refractivity (Wildman–Crippen MR) is 89.2 cm³/mol. The van der Waals surface area contributed by atoms with Crippen molar-refractivity contribution in [3.8, 4) is 5.88 Å². The number of urea groups is 1. The number of anilines is 1. The minimum absolute atomic E-state index is 0.209. The van der Waals surface area contributed by atoms with Gasteiger partial charge in [-0.15, -0.1) is 0 Å². The molecule has 1 atom stereocenters. The Morgan fingerprint density at radius 2 is 2.12 bits per heavy atom. The molecule has 2 N–H and O–H groups in total. The number of carboxylic acid groups (broad SMARTS) is 1. The second kappa shape index (κ2) is 5.99. The molecular weight excluding hydrogens is 310 g/mol. The number of hydrogen-bond donors (Lipinski definition) is 2. The number of nitrogens with one attached hydrogen (secondary N) is 1. The Kier molecular flexibility index (Phi) is 4.01. The van der Waals surface area contributed by atoms with Gasteiger partial charge >= 0.3 is 12.0 Å². The van der Waals surface area contributed by atoms with Crippen LogP contribution in [0.5, 0.6) is 5.88 Å². The van der Waals surface area contributed by atoms with Gasteiger partial charge in [0.1, 0.15) is 0 Å². The van der Waals surface area contributed by atoms with Gasteiger partial charge in [-0.05, 0) is 37.6 Å². The summed E-state index contributed by atoms with van der Waals surface area (Å²) < 4.78 is 5.09. The number of benzene rings is 1. The molecule has 24 heavy (non-hydrogen) atoms. The highest BCUT2D eigenvalue weighted by molar-refractivity contribution is 5.93. The predicted octanol–water partition coefficient (Wildman–Crippen LogP) is 2.57. The van der Waals surface area contributed by atoms with E-state index in [1.165, 1.54) is 4.90 Å². The van der Waals surface area contributed by atoms with Crippen molar-refractivity contribution in [1.29, 1.82) is 0 Å². The molecule has 1 saturated heterocycles. The van der Waals surface area contributed by atoms with Crippen LogP contribution < -0.4 is 10.1 Å². The zero-order valence-corrected chi connectivity index (χ0v) is 13.6. The van der Waals surface area contributed by atoms with Gasteiger partial charge in [0.05, 0.1) is 18.0 Å². The second-order valence-corrected chi connectivity index (χ2v) is 6.23. The Bertz CT molecular complexity index is 808. The quantitative estimate of drug-likeness (QED) is 0.903. The third-order valence-electron chi connectivity index (χ3n) is 4.40. The molecule has 7 heteroatoms. The van der Waals surface area contributed by atoms with E-state index in [9.17, 15) is 14.7 Å². The summed E-state index contributed by atoms with van der Waals surface area (Å²) in [6.07, 6.45) is 0.456. The zero-order valence-electron chi connectivity index (χ0n) is 13.6. The van der Waals surface area contributed by atoms with Crippen LogP contribution in [-0.2, 0) is 4.79 Å². The summed E-state index contributed by atoms with van der Waals surface area (Å²) in [4.78, 5) is 29.5. The highest BCUT2D eigenvalue weighted by atomic mass is 16.5. The van der Waals surface area contributed by atoms with Crippen molar-refractivity contribution in [2.75, 3.05) is 25.5 Å². The Morgan fingerprint density at radius 3 is 2.79 bits per heavy atom. The largest absolute Gasteiger partial charge is 0.481 e. The maximum Gasteiger partial charge on any atom is 0.321 e. The first-order valence-corrected chi connectivity index (χ1v) is 7.65. The molecule has 1 fully saturated rings. The fraction of sp³-hybridized carbons (Fsp3) is 0.353. The van der Waals surface area contributed by atoms with Crippen LogP contribution in [0.15, 0.2) is 30.3 Å². The molecule has 2 heterocycles. The van der Waals surface area contributed by atoms with Crippen LogP contribution in [0.4, 0.5) is 10.5 Å². The number of pyridine rings is 1. The number of carboxylic acids is 1. The molecule has 126 valence electrons. The van der Waals surface area contributed by atoms with Gasteiger partial charge in [-0.2, -0.15) is 0 Å². The van der Waals surface area contributed by atoms with Gasteiger partial charge in [0.25, 0.3) is 0 Å². The maximum absolute atomic E-state index is 12.3. The summed E-state index contributed by atoms with van der Waals surface area (Å²) in [6, 6.07) is 8.73. The lowest BCUT2D eigenvalue weighted by atomic mass is 9.90. The fourth-order valence-corrected chi connectivity index (χ4v) is 2.81. The average molecular weight is 329 g/mol. The topological polar surface area (TPSA) is 91.8 Å². The lowest BCUT2D eigenvalue weighted by molar-refractivity contribution is -0.146. The summed E-state index contributed by atoms with van der Waals surface area (Å²) in [5.74, 6) is -0.340. The van der Waals surface area contributed by atoms with E-state index in [0.717, 1.165) is 10.9 Å². The van der Waals surface area contributed by atoms with E-state index < -0.39 is 11.4 Å². The summed E-state index contributed by atoms with van der Waals surface area (Å²) in [6.45, 7) is 2.30. The number of methoxy groups -OCH3 is 1. The number of fused-ring (bicyclic) bond motifs is 1. The Hall–Kier alpha value is -2.83. The van der Waals surface area contributed by atoms with Crippen LogP contribution in [0.1, 0.15) is 13.3 Å². The summed E-state index contributed by atoms with van der Waals surface area (Å²) in [5.41, 5.74) is 0.539. The number of carbonyl (C=O) groups is 2. The first-order valence-electron chi connectivity index (χ1n) is 7.65. The molecule has 0 radical (unpaired) electrons. The fourth-order valence-electron chi connectivity index (χ4n) is 2.81. The molecule has 1 aromatic carbocycles. The normalized spacial score (nSPS) is 20.2. The van der Waals surface area contributed by atoms with Crippen molar-refractivity contribution < 1.29 is 19.4 Å². The molecule has 0 bridgehead atoms. The molecular formula is C17H19N3O4. The zero-order chi connectivity index (χ0) is 17.3. The minimum Gasteiger partial charge on any atom is -0.481 e. The maximum atomic E-state index is 12.3. The molecule has 1 aliphatic rings. The summed E-state index contributed by atoms with van der Waals surface area (Å²) >= 11 is 0. The molecule has 2 aromatic rings. The van der Waals surface area contributed by atoms with Gasteiger partial charge in [0.15, 0.2) is 0 Å². The number of rotatable bonds is 3. The van der Waals surface area contributed by atoms with Crippen molar-refractivity contribution in [1.82, 2.24) is 9.88 Å². The molecule has 2 amide bonds. The van der Waals surface area contributed by atoms with Gasteiger partial charge < -0.3 is 20.1 Å². The number of aromatic nitrogens is 1. The highest BCUT2D eigenvalue weighted by Crippen LogP contribution is 2.30. The molecule has 0 spiro atoms. The van der Waals surface area contributed by atoms with Crippen molar-refractivity contribution in [3.63, 3.8) is 0 Å². The first-order chi connectivity index (χ1) is 11.4. The van der Waals surface area contributed by atoms with Crippen LogP contribution >= 0.6 is 0 Å². The van der Waals surface area contributed by atoms with Gasteiger partial charge in [-0.3, -0.25) is 4.79 Å². The number of amides is 2. The van der Waals surface area contributed by atoms with Crippen LogP contribution in [0.25, 0.3) is 10.9 Å². The van der Waals surface area contributed by atoms with Crippen LogP contribution in [0, 0.1) is 5.41 Å². The molecule has 3 rings (SSSR count). The van der Waals surface area contributed by atoms with E-state index in [4.69, 9.17) is 4.74 Å². The van der Waals surface area contributed by atoms with Crippen molar-refractivity contribution in [2.24, 2.45) is 5.41 Å².